The van der Waals surface area contributed by atoms with Gasteiger partial charge in [0, 0.05) is 17.7 Å². The molecule has 0 saturated heterocycles. The van der Waals surface area contributed by atoms with E-state index in [0.29, 0.717) is 22.1 Å². The number of nitrogen functional groups attached to an aromatic ring is 1. The van der Waals surface area contributed by atoms with Gasteiger partial charge in [-0.15, -0.1) is 0 Å². The predicted molar refractivity (Wildman–Crippen MR) is 101 cm³/mol. The molecule has 3 aromatic rings. The third-order valence-corrected chi connectivity index (χ3v) is 4.72. The minimum atomic E-state index is -4.56. The van der Waals surface area contributed by atoms with E-state index in [9.17, 15) is 17.8 Å². The molecule has 0 bridgehead atoms. The Kier molecular flexibility index (Phi) is 4.54. The van der Waals surface area contributed by atoms with Gasteiger partial charge >= 0.3 is 0 Å². The SMILES string of the molecule is CC(=O)NN(c1ccccc1)c1cc(S(=O)(=O)O)c(N)c2ccccc12. The first-order valence-electron chi connectivity index (χ1n) is 7.70. The molecule has 0 fully saturated rings. The highest BCUT2D eigenvalue weighted by atomic mass is 32.2. The largest absolute Gasteiger partial charge is 0.397 e. The Morgan fingerprint density at radius 2 is 1.62 bits per heavy atom. The minimum absolute atomic E-state index is 0.0531. The molecule has 0 spiro atoms. The summed E-state index contributed by atoms with van der Waals surface area (Å²) < 4.78 is 33.2. The first-order chi connectivity index (χ1) is 12.3. The van der Waals surface area contributed by atoms with Gasteiger partial charge in [0.2, 0.25) is 5.91 Å². The van der Waals surface area contributed by atoms with Gasteiger partial charge in [-0.1, -0.05) is 42.5 Å². The summed E-state index contributed by atoms with van der Waals surface area (Å²) in [6.45, 7) is 1.35. The van der Waals surface area contributed by atoms with Crippen molar-refractivity contribution in [1.82, 2.24) is 5.43 Å². The van der Waals surface area contributed by atoms with Crippen LogP contribution in [0.1, 0.15) is 6.92 Å². The van der Waals surface area contributed by atoms with Crippen LogP contribution in [0.2, 0.25) is 0 Å². The Hall–Kier alpha value is -3.10. The summed E-state index contributed by atoms with van der Waals surface area (Å²) in [7, 11) is -4.56. The van der Waals surface area contributed by atoms with E-state index in [4.69, 9.17) is 5.73 Å². The van der Waals surface area contributed by atoms with Crippen LogP contribution >= 0.6 is 0 Å². The number of anilines is 3. The lowest BCUT2D eigenvalue weighted by Crippen LogP contribution is -2.37. The van der Waals surface area contributed by atoms with E-state index in [0.717, 1.165) is 0 Å². The molecular formula is C18H17N3O4S. The second kappa shape index (κ2) is 6.66. The van der Waals surface area contributed by atoms with Crippen molar-refractivity contribution in [2.75, 3.05) is 10.7 Å². The van der Waals surface area contributed by atoms with Crippen molar-refractivity contribution in [3.63, 3.8) is 0 Å². The summed E-state index contributed by atoms with van der Waals surface area (Å²) in [5.41, 5.74) is 9.57. The van der Waals surface area contributed by atoms with Gasteiger partial charge < -0.3 is 5.73 Å². The van der Waals surface area contributed by atoms with Crippen LogP contribution < -0.4 is 16.2 Å². The zero-order valence-electron chi connectivity index (χ0n) is 13.9. The fourth-order valence-electron chi connectivity index (χ4n) is 2.75. The summed E-state index contributed by atoms with van der Waals surface area (Å²) >= 11 is 0. The molecule has 0 aliphatic carbocycles. The predicted octanol–water partition coefficient (Wildman–Crippen LogP) is 2.86. The quantitative estimate of drug-likeness (QED) is 0.369. The molecule has 0 aliphatic heterocycles. The van der Waals surface area contributed by atoms with Crippen LogP contribution in [0.15, 0.2) is 65.6 Å². The summed E-state index contributed by atoms with van der Waals surface area (Å²) in [4.78, 5) is 11.3. The molecule has 0 atom stereocenters. The van der Waals surface area contributed by atoms with Crippen LogP contribution in [-0.4, -0.2) is 18.9 Å². The van der Waals surface area contributed by atoms with Crippen LogP contribution in [-0.2, 0) is 14.9 Å². The van der Waals surface area contributed by atoms with Crippen molar-refractivity contribution in [3.05, 3.63) is 60.7 Å². The van der Waals surface area contributed by atoms with Crippen LogP contribution in [0.25, 0.3) is 10.8 Å². The number of carbonyl (C=O) groups is 1. The van der Waals surface area contributed by atoms with Crippen molar-refractivity contribution in [3.8, 4) is 0 Å². The topological polar surface area (TPSA) is 113 Å². The average molecular weight is 371 g/mol. The van der Waals surface area contributed by atoms with E-state index in [1.165, 1.54) is 18.0 Å². The smallest absolute Gasteiger partial charge is 0.296 e. The number of rotatable bonds is 4. The van der Waals surface area contributed by atoms with Crippen molar-refractivity contribution >= 4 is 43.9 Å². The molecule has 0 radical (unpaired) electrons. The van der Waals surface area contributed by atoms with E-state index in [1.54, 1.807) is 48.5 Å². The molecule has 0 aromatic heterocycles. The molecule has 3 rings (SSSR count). The first kappa shape index (κ1) is 17.7. The molecule has 26 heavy (non-hydrogen) atoms. The van der Waals surface area contributed by atoms with Crippen molar-refractivity contribution in [1.29, 1.82) is 0 Å². The Morgan fingerprint density at radius 1 is 1.04 bits per heavy atom. The Bertz CT molecular complexity index is 1080. The van der Waals surface area contributed by atoms with E-state index >= 15 is 0 Å². The number of benzene rings is 3. The molecule has 4 N–H and O–H groups in total. The number of nitrogens with zero attached hydrogens (tertiary/aromatic N) is 1. The van der Waals surface area contributed by atoms with E-state index in [2.05, 4.69) is 5.43 Å². The summed E-state index contributed by atoms with van der Waals surface area (Å²) in [6.07, 6.45) is 0. The number of fused-ring (bicyclic) bond motifs is 1. The van der Waals surface area contributed by atoms with Gasteiger partial charge in [0.15, 0.2) is 0 Å². The fourth-order valence-corrected chi connectivity index (χ4v) is 3.40. The van der Waals surface area contributed by atoms with Gasteiger partial charge in [-0.05, 0) is 18.2 Å². The van der Waals surface area contributed by atoms with E-state index in [1.807, 2.05) is 6.07 Å². The highest BCUT2D eigenvalue weighted by molar-refractivity contribution is 7.86. The zero-order valence-corrected chi connectivity index (χ0v) is 14.7. The summed E-state index contributed by atoms with van der Waals surface area (Å²) in [5, 5.41) is 2.53. The van der Waals surface area contributed by atoms with Gasteiger partial charge in [-0.25, -0.2) is 0 Å². The maximum atomic E-state index is 11.8. The number of amides is 1. The van der Waals surface area contributed by atoms with Crippen LogP contribution in [0.4, 0.5) is 17.1 Å². The number of nitrogens with one attached hydrogen (secondary N) is 1. The Morgan fingerprint density at radius 3 is 2.19 bits per heavy atom. The number of para-hydroxylation sites is 1. The number of hydrogen-bond donors (Lipinski definition) is 3. The van der Waals surface area contributed by atoms with Gasteiger partial charge in [-0.3, -0.25) is 19.8 Å². The van der Waals surface area contributed by atoms with E-state index < -0.39 is 15.0 Å². The molecule has 3 aromatic carbocycles. The molecule has 0 aliphatic rings. The molecular weight excluding hydrogens is 354 g/mol. The third kappa shape index (κ3) is 3.32. The van der Waals surface area contributed by atoms with Crippen molar-refractivity contribution in [2.24, 2.45) is 0 Å². The lowest BCUT2D eigenvalue weighted by atomic mass is 10.1. The summed E-state index contributed by atoms with van der Waals surface area (Å²) in [6, 6.07) is 17.0. The molecule has 8 heteroatoms. The zero-order chi connectivity index (χ0) is 18.9. The first-order valence-corrected chi connectivity index (χ1v) is 9.14. The number of nitrogens with two attached hydrogens (primary N) is 1. The molecule has 0 saturated carbocycles. The number of carbonyl (C=O) groups excluding carboxylic acids is 1. The number of hydrazine groups is 1. The van der Waals surface area contributed by atoms with Gasteiger partial charge in [0.1, 0.15) is 4.90 Å². The Balaban J connectivity index is 2.37. The molecule has 7 nitrogen and oxygen atoms in total. The van der Waals surface area contributed by atoms with Gasteiger partial charge in [-0.2, -0.15) is 8.42 Å². The monoisotopic (exact) mass is 371 g/mol. The maximum absolute atomic E-state index is 11.8. The standard InChI is InChI=1S/C18H17N3O4S/c1-12(22)20-21(13-7-3-2-4-8-13)16-11-17(26(23,24)25)18(19)15-10-6-5-9-14(15)16/h2-11H,19H2,1H3,(H,20,22)(H,23,24,25). The summed E-state index contributed by atoms with van der Waals surface area (Å²) in [5.74, 6) is -0.344. The molecule has 134 valence electrons. The van der Waals surface area contributed by atoms with Crippen molar-refractivity contribution in [2.45, 2.75) is 11.8 Å². The van der Waals surface area contributed by atoms with Crippen LogP contribution in [0, 0.1) is 0 Å². The molecule has 0 heterocycles. The maximum Gasteiger partial charge on any atom is 0.296 e. The second-order valence-corrected chi connectivity index (χ2v) is 7.06. The highest BCUT2D eigenvalue weighted by Gasteiger charge is 2.22. The molecule has 1 amide bonds. The van der Waals surface area contributed by atoms with Gasteiger partial charge in [0.05, 0.1) is 17.1 Å². The normalized spacial score (nSPS) is 11.3. The third-order valence-electron chi connectivity index (χ3n) is 3.83. The molecule has 0 unspecified atom stereocenters. The van der Waals surface area contributed by atoms with Gasteiger partial charge in [0.25, 0.3) is 10.1 Å². The van der Waals surface area contributed by atoms with Crippen molar-refractivity contribution < 1.29 is 17.8 Å². The number of hydrogen-bond acceptors (Lipinski definition) is 5. The second-order valence-electron chi connectivity index (χ2n) is 5.67. The lowest BCUT2D eigenvalue weighted by Gasteiger charge is -2.27. The minimum Gasteiger partial charge on any atom is -0.397 e. The average Bonchev–Trinajstić information content (AvgIpc) is 2.60. The van der Waals surface area contributed by atoms with Crippen LogP contribution in [0.5, 0.6) is 0 Å². The fraction of sp³-hybridized carbons (Fsp3) is 0.0556. The van der Waals surface area contributed by atoms with E-state index in [-0.39, 0.29) is 11.6 Å². The lowest BCUT2D eigenvalue weighted by molar-refractivity contribution is -0.118. The highest BCUT2D eigenvalue weighted by Crippen LogP contribution is 2.38. The Labute approximate surface area is 150 Å². The van der Waals surface area contributed by atoms with Crippen LogP contribution in [0.3, 0.4) is 0 Å².